The summed E-state index contributed by atoms with van der Waals surface area (Å²) in [6.07, 6.45) is 5.14. The zero-order chi connectivity index (χ0) is 14.5. The van der Waals surface area contributed by atoms with Crippen LogP contribution in [-0.2, 0) is 9.53 Å². The molecular weight excluding hydrogens is 240 g/mol. The van der Waals surface area contributed by atoms with E-state index >= 15 is 0 Å². The molecule has 3 heteroatoms. The first-order valence-corrected chi connectivity index (χ1v) is 6.31. The van der Waals surface area contributed by atoms with E-state index in [-0.39, 0.29) is 5.57 Å². The van der Waals surface area contributed by atoms with E-state index in [1.165, 1.54) is 18.7 Å². The van der Waals surface area contributed by atoms with Crippen molar-refractivity contribution < 1.29 is 14.6 Å². The van der Waals surface area contributed by atoms with Gasteiger partial charge in [0, 0.05) is 0 Å². The van der Waals surface area contributed by atoms with Crippen molar-refractivity contribution >= 4 is 12.0 Å². The first kappa shape index (κ1) is 17.0. The minimum Gasteiger partial charge on any atom is -0.501 e. The highest BCUT2D eigenvalue weighted by atomic mass is 16.5. The number of unbranched alkanes of at least 4 members (excludes halogenated alkanes) is 1. The maximum absolute atomic E-state index is 10.2. The maximum atomic E-state index is 10.2. The third-order valence-corrected chi connectivity index (χ3v) is 2.25. The molecule has 0 fully saturated rings. The molecule has 1 N–H and O–H groups in total. The number of hydrogen-bond acceptors (Lipinski definition) is 2. The molecule has 0 heterocycles. The SMILES string of the molecule is C=Cc1ccccc1.CCCCOC=C(C)C(=O)O. The Morgan fingerprint density at radius 3 is 2.42 bits per heavy atom. The first-order chi connectivity index (χ1) is 9.11. The lowest BCUT2D eigenvalue weighted by atomic mass is 10.2. The topological polar surface area (TPSA) is 46.5 Å². The molecule has 0 spiro atoms. The van der Waals surface area contributed by atoms with E-state index in [1.807, 2.05) is 36.4 Å². The standard InChI is InChI=1S/C8H14O3.C8H8/c1-3-4-5-11-6-7(2)8(9)10;1-2-8-6-4-3-5-7-8/h6H,3-5H2,1-2H3,(H,9,10);2-7H,1H2. The second-order valence-corrected chi connectivity index (χ2v) is 3.95. The van der Waals surface area contributed by atoms with Crippen LogP contribution in [0.4, 0.5) is 0 Å². The Morgan fingerprint density at radius 1 is 1.37 bits per heavy atom. The van der Waals surface area contributed by atoms with Gasteiger partial charge in [0.2, 0.25) is 0 Å². The highest BCUT2D eigenvalue weighted by molar-refractivity contribution is 5.85. The van der Waals surface area contributed by atoms with Gasteiger partial charge in [-0.3, -0.25) is 0 Å². The van der Waals surface area contributed by atoms with Crippen molar-refractivity contribution in [2.45, 2.75) is 26.7 Å². The van der Waals surface area contributed by atoms with Crippen molar-refractivity contribution in [3.63, 3.8) is 0 Å². The predicted octanol–water partition coefficient (Wildman–Crippen LogP) is 4.12. The third kappa shape index (κ3) is 9.65. The second kappa shape index (κ2) is 11.1. The molecule has 0 aromatic heterocycles. The van der Waals surface area contributed by atoms with Crippen LogP contribution in [0.3, 0.4) is 0 Å². The smallest absolute Gasteiger partial charge is 0.334 e. The Morgan fingerprint density at radius 2 is 2.00 bits per heavy atom. The number of hydrogen-bond donors (Lipinski definition) is 1. The summed E-state index contributed by atoms with van der Waals surface area (Å²) in [7, 11) is 0. The van der Waals surface area contributed by atoms with Crippen molar-refractivity contribution in [1.29, 1.82) is 0 Å². The molecular formula is C16H22O3. The van der Waals surface area contributed by atoms with Gasteiger partial charge >= 0.3 is 5.97 Å². The van der Waals surface area contributed by atoms with Crippen LogP contribution in [0.15, 0.2) is 48.7 Å². The highest BCUT2D eigenvalue weighted by Crippen LogP contribution is 1.97. The van der Waals surface area contributed by atoms with E-state index < -0.39 is 5.97 Å². The largest absolute Gasteiger partial charge is 0.501 e. The molecule has 0 saturated heterocycles. The Kier molecular flexibility index (Phi) is 9.90. The molecule has 3 nitrogen and oxygen atoms in total. The van der Waals surface area contributed by atoms with Gasteiger partial charge in [-0.15, -0.1) is 0 Å². The molecule has 0 atom stereocenters. The molecule has 104 valence electrons. The molecule has 0 amide bonds. The summed E-state index contributed by atoms with van der Waals surface area (Å²) in [6, 6.07) is 10.0. The Balaban J connectivity index is 0.000000356. The van der Waals surface area contributed by atoms with Crippen LogP contribution in [0.1, 0.15) is 32.3 Å². The highest BCUT2D eigenvalue weighted by Gasteiger charge is 1.97. The van der Waals surface area contributed by atoms with Crippen molar-refractivity contribution in [2.75, 3.05) is 6.61 Å². The van der Waals surface area contributed by atoms with E-state index in [2.05, 4.69) is 13.5 Å². The number of ether oxygens (including phenoxy) is 1. The van der Waals surface area contributed by atoms with Crippen LogP contribution in [0, 0.1) is 0 Å². The number of carboxylic acid groups (broad SMARTS) is 1. The van der Waals surface area contributed by atoms with Gasteiger partial charge in [0.25, 0.3) is 0 Å². The number of rotatable bonds is 6. The van der Waals surface area contributed by atoms with Crippen LogP contribution >= 0.6 is 0 Å². The zero-order valence-corrected chi connectivity index (χ0v) is 11.6. The van der Waals surface area contributed by atoms with Crippen molar-refractivity contribution in [2.24, 2.45) is 0 Å². The molecule has 19 heavy (non-hydrogen) atoms. The Bertz CT molecular complexity index is 394. The molecule has 1 aromatic carbocycles. The van der Waals surface area contributed by atoms with Gasteiger partial charge in [-0.2, -0.15) is 0 Å². The molecule has 1 rings (SSSR count). The zero-order valence-electron chi connectivity index (χ0n) is 11.6. The van der Waals surface area contributed by atoms with Crippen LogP contribution in [0.25, 0.3) is 6.08 Å². The fourth-order valence-electron chi connectivity index (χ4n) is 1.05. The van der Waals surface area contributed by atoms with Crippen LogP contribution in [0.2, 0.25) is 0 Å². The monoisotopic (exact) mass is 262 g/mol. The van der Waals surface area contributed by atoms with Gasteiger partial charge in [-0.05, 0) is 18.9 Å². The lowest BCUT2D eigenvalue weighted by molar-refractivity contribution is -0.132. The molecule has 0 unspecified atom stereocenters. The number of carbonyl (C=O) groups is 1. The molecule has 0 aliphatic heterocycles. The summed E-state index contributed by atoms with van der Waals surface area (Å²) in [4.78, 5) is 10.2. The summed E-state index contributed by atoms with van der Waals surface area (Å²) in [5, 5.41) is 8.39. The van der Waals surface area contributed by atoms with E-state index in [9.17, 15) is 4.79 Å². The Labute approximate surface area is 115 Å². The lowest BCUT2D eigenvalue weighted by Crippen LogP contribution is -1.97. The Hall–Kier alpha value is -2.03. The van der Waals surface area contributed by atoms with Crippen LogP contribution < -0.4 is 0 Å². The van der Waals surface area contributed by atoms with Crippen molar-refractivity contribution in [3.8, 4) is 0 Å². The first-order valence-electron chi connectivity index (χ1n) is 6.31. The van der Waals surface area contributed by atoms with Gasteiger partial charge < -0.3 is 9.84 Å². The fourth-order valence-corrected chi connectivity index (χ4v) is 1.05. The van der Waals surface area contributed by atoms with Crippen LogP contribution in [0.5, 0.6) is 0 Å². The average molecular weight is 262 g/mol. The fraction of sp³-hybridized carbons (Fsp3) is 0.312. The molecule has 0 aliphatic carbocycles. The summed E-state index contributed by atoms with van der Waals surface area (Å²) in [5.74, 6) is -0.929. The van der Waals surface area contributed by atoms with Crippen molar-refractivity contribution in [3.05, 3.63) is 54.3 Å². The summed E-state index contributed by atoms with van der Waals surface area (Å²) in [5.41, 5.74) is 1.41. The molecule has 0 aliphatic rings. The summed E-state index contributed by atoms with van der Waals surface area (Å²) in [6.45, 7) is 7.79. The van der Waals surface area contributed by atoms with Gasteiger partial charge in [-0.1, -0.05) is 56.3 Å². The molecule has 0 bridgehead atoms. The maximum Gasteiger partial charge on any atom is 0.334 e. The summed E-state index contributed by atoms with van der Waals surface area (Å²) < 4.78 is 4.95. The van der Waals surface area contributed by atoms with Gasteiger partial charge in [-0.25, -0.2) is 4.79 Å². The summed E-state index contributed by atoms with van der Waals surface area (Å²) >= 11 is 0. The van der Waals surface area contributed by atoms with E-state index in [0.29, 0.717) is 6.61 Å². The number of aliphatic carboxylic acids is 1. The quantitative estimate of drug-likeness (QED) is 0.476. The van der Waals surface area contributed by atoms with Crippen LogP contribution in [-0.4, -0.2) is 17.7 Å². The minimum atomic E-state index is -0.929. The van der Waals surface area contributed by atoms with Gasteiger partial charge in [0.05, 0.1) is 18.4 Å². The van der Waals surface area contributed by atoms with Gasteiger partial charge in [0.15, 0.2) is 0 Å². The van der Waals surface area contributed by atoms with E-state index in [4.69, 9.17) is 9.84 Å². The number of benzene rings is 1. The molecule has 0 saturated carbocycles. The average Bonchev–Trinajstić information content (AvgIpc) is 2.45. The molecule has 0 radical (unpaired) electrons. The third-order valence-electron chi connectivity index (χ3n) is 2.25. The molecule has 1 aromatic rings. The number of carboxylic acids is 1. The second-order valence-electron chi connectivity index (χ2n) is 3.95. The normalized spacial score (nSPS) is 10.1. The van der Waals surface area contributed by atoms with E-state index in [1.54, 1.807) is 0 Å². The lowest BCUT2D eigenvalue weighted by Gasteiger charge is -1.98. The van der Waals surface area contributed by atoms with Gasteiger partial charge in [0.1, 0.15) is 0 Å². The minimum absolute atomic E-state index is 0.237. The predicted molar refractivity (Wildman–Crippen MR) is 78.8 cm³/mol. The van der Waals surface area contributed by atoms with Crippen molar-refractivity contribution in [1.82, 2.24) is 0 Å². The van der Waals surface area contributed by atoms with E-state index in [0.717, 1.165) is 12.8 Å².